The van der Waals surface area contributed by atoms with Crippen LogP contribution >= 0.6 is 12.4 Å². The molecule has 1 unspecified atom stereocenters. The lowest BCUT2D eigenvalue weighted by atomic mass is 9.79. The molecule has 14 heavy (non-hydrogen) atoms. The van der Waals surface area contributed by atoms with E-state index in [0.29, 0.717) is 6.04 Å². The quantitative estimate of drug-likeness (QED) is 0.787. The van der Waals surface area contributed by atoms with E-state index in [0.717, 1.165) is 12.5 Å². The molecule has 0 bridgehead atoms. The minimum absolute atomic E-state index is 0. The molecule has 0 spiro atoms. The van der Waals surface area contributed by atoms with Crippen molar-refractivity contribution in [3.63, 3.8) is 0 Å². The number of rotatable bonds is 3. The Morgan fingerprint density at radius 2 is 2.00 bits per heavy atom. The van der Waals surface area contributed by atoms with Gasteiger partial charge in [0.15, 0.2) is 0 Å². The van der Waals surface area contributed by atoms with Crippen LogP contribution in [0.1, 0.15) is 32.1 Å². The molecule has 82 valence electrons. The third-order valence-electron chi connectivity index (χ3n) is 3.45. The molecule has 1 saturated heterocycles. The number of likely N-dealkylation sites (tertiary alicyclic amines) is 1. The van der Waals surface area contributed by atoms with E-state index in [1.807, 2.05) is 0 Å². The van der Waals surface area contributed by atoms with Crippen LogP contribution in [0, 0.1) is 5.92 Å². The summed E-state index contributed by atoms with van der Waals surface area (Å²) in [5, 5.41) is 8.72. The molecule has 2 fully saturated rings. The van der Waals surface area contributed by atoms with Gasteiger partial charge in [0.2, 0.25) is 0 Å². The highest BCUT2D eigenvalue weighted by atomic mass is 35.5. The summed E-state index contributed by atoms with van der Waals surface area (Å²) < 4.78 is 0. The lowest BCUT2D eigenvalue weighted by molar-refractivity contribution is -0.138. The van der Waals surface area contributed by atoms with Gasteiger partial charge in [-0.1, -0.05) is 6.42 Å². The molecule has 1 saturated carbocycles. The molecule has 3 nitrogen and oxygen atoms in total. The van der Waals surface area contributed by atoms with E-state index in [4.69, 9.17) is 5.11 Å². The van der Waals surface area contributed by atoms with Gasteiger partial charge in [-0.25, -0.2) is 0 Å². The Hall–Kier alpha value is -0.280. The molecule has 0 amide bonds. The Bertz CT molecular complexity index is 206. The topological polar surface area (TPSA) is 40.5 Å². The number of halogens is 1. The molecular weight excluding hydrogens is 202 g/mol. The van der Waals surface area contributed by atoms with Crippen LogP contribution in [0.2, 0.25) is 0 Å². The van der Waals surface area contributed by atoms with Gasteiger partial charge in [-0.05, 0) is 38.1 Å². The van der Waals surface area contributed by atoms with Crippen molar-refractivity contribution in [2.45, 2.75) is 38.1 Å². The Balaban J connectivity index is 0.000000980. The summed E-state index contributed by atoms with van der Waals surface area (Å²) in [5.41, 5.74) is 0. The highest BCUT2D eigenvalue weighted by Crippen LogP contribution is 2.36. The Labute approximate surface area is 90.9 Å². The molecule has 1 atom stereocenters. The fourth-order valence-corrected chi connectivity index (χ4v) is 2.58. The fourth-order valence-electron chi connectivity index (χ4n) is 2.58. The SMILES string of the molecule is Cl.O=C(O)CN1CCCC1C1CCC1. The van der Waals surface area contributed by atoms with Gasteiger partial charge < -0.3 is 5.11 Å². The number of carboxylic acids is 1. The molecule has 2 rings (SSSR count). The molecule has 0 radical (unpaired) electrons. The lowest BCUT2D eigenvalue weighted by Gasteiger charge is -2.36. The number of aliphatic carboxylic acids is 1. The van der Waals surface area contributed by atoms with E-state index in [-0.39, 0.29) is 19.0 Å². The summed E-state index contributed by atoms with van der Waals surface area (Å²) in [4.78, 5) is 12.7. The fraction of sp³-hybridized carbons (Fsp3) is 0.900. The van der Waals surface area contributed by atoms with E-state index in [9.17, 15) is 4.79 Å². The van der Waals surface area contributed by atoms with Crippen molar-refractivity contribution in [2.24, 2.45) is 5.92 Å². The standard InChI is InChI=1S/C10H17NO2.ClH/c12-10(13)7-11-6-2-5-9(11)8-3-1-4-8;/h8-9H,1-7H2,(H,12,13);1H. The number of carbonyl (C=O) groups is 1. The second kappa shape index (κ2) is 4.99. The summed E-state index contributed by atoms with van der Waals surface area (Å²) in [6, 6.07) is 0.588. The van der Waals surface area contributed by atoms with Crippen LogP contribution < -0.4 is 0 Å². The first kappa shape index (κ1) is 11.8. The molecular formula is C10H18ClNO2. The molecule has 1 N–H and O–H groups in total. The molecule has 1 aliphatic heterocycles. The normalized spacial score (nSPS) is 28.1. The van der Waals surface area contributed by atoms with Gasteiger partial charge in [-0.15, -0.1) is 12.4 Å². The monoisotopic (exact) mass is 219 g/mol. The lowest BCUT2D eigenvalue weighted by Crippen LogP contribution is -2.41. The Morgan fingerprint density at radius 1 is 1.29 bits per heavy atom. The van der Waals surface area contributed by atoms with Gasteiger partial charge in [0, 0.05) is 6.04 Å². The van der Waals surface area contributed by atoms with Crippen molar-refractivity contribution >= 4 is 18.4 Å². The largest absolute Gasteiger partial charge is 0.480 e. The van der Waals surface area contributed by atoms with Crippen LogP contribution in [0.25, 0.3) is 0 Å². The first-order chi connectivity index (χ1) is 6.27. The second-order valence-electron chi connectivity index (χ2n) is 4.26. The predicted octanol–water partition coefficient (Wildman–Crippen LogP) is 1.76. The number of nitrogens with zero attached hydrogens (tertiary/aromatic N) is 1. The third-order valence-corrected chi connectivity index (χ3v) is 3.45. The smallest absolute Gasteiger partial charge is 0.317 e. The zero-order chi connectivity index (χ0) is 9.26. The molecule has 1 aliphatic carbocycles. The van der Waals surface area contributed by atoms with Crippen molar-refractivity contribution in [1.29, 1.82) is 0 Å². The number of carboxylic acid groups (broad SMARTS) is 1. The first-order valence-electron chi connectivity index (χ1n) is 5.23. The number of hydrogen-bond donors (Lipinski definition) is 1. The van der Waals surface area contributed by atoms with E-state index in [1.54, 1.807) is 0 Å². The molecule has 1 heterocycles. The maximum Gasteiger partial charge on any atom is 0.317 e. The summed E-state index contributed by atoms with van der Waals surface area (Å²) >= 11 is 0. The zero-order valence-corrected chi connectivity index (χ0v) is 9.13. The van der Waals surface area contributed by atoms with Gasteiger partial charge in [-0.3, -0.25) is 9.69 Å². The van der Waals surface area contributed by atoms with E-state index < -0.39 is 5.97 Å². The Kier molecular flexibility index (Phi) is 4.20. The molecule has 0 aromatic carbocycles. The first-order valence-corrected chi connectivity index (χ1v) is 5.23. The van der Waals surface area contributed by atoms with E-state index >= 15 is 0 Å². The highest BCUT2D eigenvalue weighted by Gasteiger charge is 2.35. The molecule has 2 aliphatic rings. The highest BCUT2D eigenvalue weighted by molar-refractivity contribution is 5.85. The van der Waals surface area contributed by atoms with E-state index in [1.165, 1.54) is 32.1 Å². The predicted molar refractivity (Wildman–Crippen MR) is 56.8 cm³/mol. The third kappa shape index (κ3) is 2.39. The van der Waals surface area contributed by atoms with Crippen molar-refractivity contribution in [1.82, 2.24) is 4.90 Å². The van der Waals surface area contributed by atoms with Gasteiger partial charge in [-0.2, -0.15) is 0 Å². The van der Waals surface area contributed by atoms with Crippen LogP contribution in [-0.4, -0.2) is 35.1 Å². The van der Waals surface area contributed by atoms with Crippen molar-refractivity contribution in [3.05, 3.63) is 0 Å². The maximum absolute atomic E-state index is 10.6. The minimum Gasteiger partial charge on any atom is -0.480 e. The van der Waals surface area contributed by atoms with Crippen molar-refractivity contribution in [2.75, 3.05) is 13.1 Å². The van der Waals surface area contributed by atoms with Crippen LogP contribution in [0.5, 0.6) is 0 Å². The van der Waals surface area contributed by atoms with Gasteiger partial charge in [0.1, 0.15) is 0 Å². The van der Waals surface area contributed by atoms with Gasteiger partial charge in [0.25, 0.3) is 0 Å². The van der Waals surface area contributed by atoms with Gasteiger partial charge in [0.05, 0.1) is 6.54 Å². The molecule has 4 heteroatoms. The summed E-state index contributed by atoms with van der Waals surface area (Å²) in [5.74, 6) is 0.132. The Morgan fingerprint density at radius 3 is 2.50 bits per heavy atom. The summed E-state index contributed by atoms with van der Waals surface area (Å²) in [7, 11) is 0. The van der Waals surface area contributed by atoms with Crippen LogP contribution in [-0.2, 0) is 4.79 Å². The second-order valence-corrected chi connectivity index (χ2v) is 4.26. The van der Waals surface area contributed by atoms with Crippen LogP contribution in [0.3, 0.4) is 0 Å². The summed E-state index contributed by atoms with van der Waals surface area (Å²) in [6.45, 7) is 1.24. The minimum atomic E-state index is -0.675. The molecule has 0 aromatic rings. The van der Waals surface area contributed by atoms with Crippen LogP contribution in [0.15, 0.2) is 0 Å². The van der Waals surface area contributed by atoms with E-state index in [2.05, 4.69) is 4.90 Å². The average molecular weight is 220 g/mol. The van der Waals surface area contributed by atoms with Crippen LogP contribution in [0.4, 0.5) is 0 Å². The maximum atomic E-state index is 10.6. The number of hydrogen-bond acceptors (Lipinski definition) is 2. The zero-order valence-electron chi connectivity index (χ0n) is 8.32. The van der Waals surface area contributed by atoms with Gasteiger partial charge >= 0.3 is 5.97 Å². The summed E-state index contributed by atoms with van der Waals surface area (Å²) in [6.07, 6.45) is 6.40. The van der Waals surface area contributed by atoms with Crippen molar-refractivity contribution < 1.29 is 9.90 Å². The molecule has 0 aromatic heterocycles. The average Bonchev–Trinajstić information content (AvgIpc) is 2.32. The van der Waals surface area contributed by atoms with Crippen molar-refractivity contribution in [3.8, 4) is 0 Å².